The fourth-order valence-electron chi connectivity index (χ4n) is 2.55. The molecule has 0 radical (unpaired) electrons. The first-order valence-corrected chi connectivity index (χ1v) is 8.76. The van der Waals surface area contributed by atoms with E-state index in [2.05, 4.69) is 25.6 Å². The van der Waals surface area contributed by atoms with E-state index in [0.29, 0.717) is 17.3 Å². The second kappa shape index (κ2) is 8.93. The number of anilines is 3. The van der Waals surface area contributed by atoms with Crippen LogP contribution < -0.4 is 15.4 Å². The van der Waals surface area contributed by atoms with E-state index >= 15 is 0 Å². The largest absolute Gasteiger partial charge is 0.496 e. The van der Waals surface area contributed by atoms with Crippen LogP contribution in [0.25, 0.3) is 11.3 Å². The maximum Gasteiger partial charge on any atom is 0.296 e. The lowest BCUT2D eigenvalue weighted by atomic mass is 10.2. The summed E-state index contributed by atoms with van der Waals surface area (Å²) in [5, 5.41) is 26.7. The molecule has 0 spiro atoms. The molecule has 1 atom stereocenters. The highest BCUT2D eigenvalue weighted by molar-refractivity contribution is 5.72. The van der Waals surface area contributed by atoms with Gasteiger partial charge in [0.1, 0.15) is 17.3 Å². The van der Waals surface area contributed by atoms with Crippen molar-refractivity contribution in [2.24, 2.45) is 0 Å². The van der Waals surface area contributed by atoms with Crippen LogP contribution in [0, 0.1) is 10.1 Å². The third-order valence-corrected chi connectivity index (χ3v) is 4.02. The normalized spacial score (nSPS) is 11.6. The molecule has 0 amide bonds. The number of nitro benzene ring substituents is 1. The number of pyridine rings is 1. The summed E-state index contributed by atoms with van der Waals surface area (Å²) in [5.74, 6) is 1.01. The molecule has 3 aromatic rings. The van der Waals surface area contributed by atoms with E-state index in [9.17, 15) is 15.2 Å². The molecule has 0 aliphatic rings. The molecule has 3 rings (SSSR count). The van der Waals surface area contributed by atoms with Crippen LogP contribution in [0.2, 0.25) is 0 Å². The predicted molar refractivity (Wildman–Crippen MR) is 108 cm³/mol. The second-order valence-electron chi connectivity index (χ2n) is 6.19. The highest BCUT2D eigenvalue weighted by atomic mass is 16.6. The topological polar surface area (TPSA) is 135 Å². The van der Waals surface area contributed by atoms with Gasteiger partial charge in [0.05, 0.1) is 30.4 Å². The maximum absolute atomic E-state index is 11.4. The molecule has 0 saturated carbocycles. The van der Waals surface area contributed by atoms with Gasteiger partial charge in [-0.2, -0.15) is 4.98 Å². The van der Waals surface area contributed by atoms with Crippen LogP contribution in [0.4, 0.5) is 23.1 Å². The third kappa shape index (κ3) is 4.93. The number of benzene rings is 1. The Bertz CT molecular complexity index is 999. The number of aromatic nitrogens is 3. The summed E-state index contributed by atoms with van der Waals surface area (Å²) >= 11 is 0. The zero-order chi connectivity index (χ0) is 20.8. The molecule has 2 heterocycles. The lowest BCUT2D eigenvalue weighted by Gasteiger charge is -2.14. The molecule has 0 unspecified atom stereocenters. The molecule has 0 aliphatic heterocycles. The lowest BCUT2D eigenvalue weighted by molar-refractivity contribution is -0.384. The number of nitrogens with one attached hydrogen (secondary N) is 2. The Balaban J connectivity index is 2.02. The molecule has 0 saturated heterocycles. The van der Waals surface area contributed by atoms with Crippen LogP contribution in [0.5, 0.6) is 5.75 Å². The van der Waals surface area contributed by atoms with Crippen molar-refractivity contribution in [3.8, 4) is 17.0 Å². The fourth-order valence-corrected chi connectivity index (χ4v) is 2.55. The second-order valence-corrected chi connectivity index (χ2v) is 6.19. The number of methoxy groups -OCH3 is 1. The molecule has 3 N–H and O–H groups in total. The standard InChI is InChI=1S/C19H20N6O4/c1-12(11-26)21-19-23-16(13-5-7-20-8-6-13)10-18(24-19)22-15-4-3-14(29-2)9-17(15)25(27)28/h3-10,12,26H,11H2,1-2H3,(H2,21,22,23,24)/t12-/m1/s1. The van der Waals surface area contributed by atoms with Gasteiger partial charge < -0.3 is 20.5 Å². The first-order chi connectivity index (χ1) is 14.0. The molecule has 150 valence electrons. The minimum absolute atomic E-state index is 0.102. The van der Waals surface area contributed by atoms with Gasteiger partial charge in [0.15, 0.2) is 0 Å². The van der Waals surface area contributed by atoms with Gasteiger partial charge in [-0.05, 0) is 31.2 Å². The minimum atomic E-state index is -0.497. The van der Waals surface area contributed by atoms with E-state index in [0.717, 1.165) is 5.56 Å². The number of rotatable bonds is 8. The first-order valence-electron chi connectivity index (χ1n) is 8.76. The fraction of sp³-hybridized carbons (Fsp3) is 0.211. The molecule has 10 nitrogen and oxygen atoms in total. The van der Waals surface area contributed by atoms with Crippen LogP contribution in [-0.4, -0.2) is 44.7 Å². The first kappa shape index (κ1) is 20.0. The summed E-state index contributed by atoms with van der Waals surface area (Å²) in [4.78, 5) is 23.8. The summed E-state index contributed by atoms with van der Waals surface area (Å²) in [6, 6.07) is 9.49. The SMILES string of the molecule is COc1ccc(Nc2cc(-c3ccncc3)nc(N[C@H](C)CO)n2)c([N+](=O)[O-])c1. The van der Waals surface area contributed by atoms with Crippen LogP contribution in [0.1, 0.15) is 6.92 Å². The van der Waals surface area contributed by atoms with Gasteiger partial charge >= 0.3 is 0 Å². The molecule has 29 heavy (non-hydrogen) atoms. The van der Waals surface area contributed by atoms with Crippen LogP contribution >= 0.6 is 0 Å². The molecule has 0 fully saturated rings. The van der Waals surface area contributed by atoms with Crippen LogP contribution in [0.3, 0.4) is 0 Å². The Hall–Kier alpha value is -3.79. The predicted octanol–water partition coefficient (Wildman–Crippen LogP) is 2.99. The van der Waals surface area contributed by atoms with E-state index in [1.807, 2.05) is 0 Å². The summed E-state index contributed by atoms with van der Waals surface area (Å²) in [5.41, 5.74) is 1.51. The van der Waals surface area contributed by atoms with E-state index in [4.69, 9.17) is 4.74 Å². The summed E-state index contributed by atoms with van der Waals surface area (Å²) in [6.45, 7) is 1.68. The minimum Gasteiger partial charge on any atom is -0.496 e. The quantitative estimate of drug-likeness (QED) is 0.388. The van der Waals surface area contributed by atoms with Crippen molar-refractivity contribution in [2.75, 3.05) is 24.4 Å². The van der Waals surface area contributed by atoms with E-state index < -0.39 is 4.92 Å². The van der Waals surface area contributed by atoms with Gasteiger partial charge in [-0.3, -0.25) is 15.1 Å². The summed E-state index contributed by atoms with van der Waals surface area (Å²) in [7, 11) is 1.44. The molecule has 2 aromatic heterocycles. The number of ether oxygens (including phenoxy) is 1. The Morgan fingerprint density at radius 2 is 1.97 bits per heavy atom. The average Bonchev–Trinajstić information content (AvgIpc) is 2.74. The Kier molecular flexibility index (Phi) is 6.15. The van der Waals surface area contributed by atoms with E-state index in [1.165, 1.54) is 13.2 Å². The average molecular weight is 396 g/mol. The van der Waals surface area contributed by atoms with Crippen molar-refractivity contribution in [2.45, 2.75) is 13.0 Å². The number of nitro groups is 1. The Morgan fingerprint density at radius 3 is 2.62 bits per heavy atom. The highest BCUT2D eigenvalue weighted by Crippen LogP contribution is 2.32. The summed E-state index contributed by atoms with van der Waals surface area (Å²) < 4.78 is 5.06. The van der Waals surface area contributed by atoms with Crippen molar-refractivity contribution in [3.63, 3.8) is 0 Å². The summed E-state index contributed by atoms with van der Waals surface area (Å²) in [6.07, 6.45) is 3.28. The van der Waals surface area contributed by atoms with E-state index in [-0.39, 0.29) is 30.0 Å². The van der Waals surface area contributed by atoms with Gasteiger partial charge in [-0.1, -0.05) is 0 Å². The monoisotopic (exact) mass is 396 g/mol. The van der Waals surface area contributed by atoms with Crippen LogP contribution in [0.15, 0.2) is 48.8 Å². The Labute approximate surface area is 166 Å². The van der Waals surface area contributed by atoms with Crippen molar-refractivity contribution < 1.29 is 14.8 Å². The van der Waals surface area contributed by atoms with Crippen molar-refractivity contribution in [3.05, 3.63) is 58.9 Å². The van der Waals surface area contributed by atoms with Gasteiger partial charge in [-0.25, -0.2) is 4.98 Å². The number of nitrogens with zero attached hydrogens (tertiary/aromatic N) is 4. The van der Waals surface area contributed by atoms with Gasteiger partial charge in [0.2, 0.25) is 5.95 Å². The lowest BCUT2D eigenvalue weighted by Crippen LogP contribution is -2.21. The third-order valence-electron chi connectivity index (χ3n) is 4.02. The van der Waals surface area contributed by atoms with Gasteiger partial charge in [0.25, 0.3) is 5.69 Å². The van der Waals surface area contributed by atoms with Crippen molar-refractivity contribution in [1.82, 2.24) is 15.0 Å². The molecule has 0 bridgehead atoms. The molecule has 1 aromatic carbocycles. The number of aliphatic hydroxyl groups excluding tert-OH is 1. The Morgan fingerprint density at radius 1 is 1.21 bits per heavy atom. The molecule has 0 aliphatic carbocycles. The van der Waals surface area contributed by atoms with Crippen molar-refractivity contribution >= 4 is 23.1 Å². The van der Waals surface area contributed by atoms with Crippen molar-refractivity contribution in [1.29, 1.82) is 0 Å². The number of hydrogen-bond acceptors (Lipinski definition) is 9. The van der Waals surface area contributed by atoms with Gasteiger partial charge in [-0.15, -0.1) is 0 Å². The van der Waals surface area contributed by atoms with Gasteiger partial charge in [0, 0.05) is 30.1 Å². The molecule has 10 heteroatoms. The maximum atomic E-state index is 11.4. The molecular formula is C19H20N6O4. The zero-order valence-corrected chi connectivity index (χ0v) is 15.9. The molecular weight excluding hydrogens is 376 g/mol. The van der Waals surface area contributed by atoms with E-state index in [1.54, 1.807) is 49.6 Å². The smallest absolute Gasteiger partial charge is 0.296 e. The zero-order valence-electron chi connectivity index (χ0n) is 15.9. The number of aliphatic hydroxyl groups is 1. The highest BCUT2D eigenvalue weighted by Gasteiger charge is 2.17. The van der Waals surface area contributed by atoms with Crippen LogP contribution in [-0.2, 0) is 0 Å². The number of hydrogen-bond donors (Lipinski definition) is 3.